The molecule has 0 rings (SSSR count). The van der Waals surface area contributed by atoms with E-state index in [9.17, 15) is 0 Å². The first-order valence-corrected chi connectivity index (χ1v) is 1.39. The van der Waals surface area contributed by atoms with Crippen molar-refractivity contribution in [3.63, 3.8) is 0 Å². The van der Waals surface area contributed by atoms with Crippen molar-refractivity contribution in [1.29, 1.82) is 0 Å². The van der Waals surface area contributed by atoms with Crippen LogP contribution in [0.2, 0.25) is 0 Å². The molecule has 0 aliphatic heterocycles. The summed E-state index contributed by atoms with van der Waals surface area (Å²) in [5.74, 6) is 0. The third-order valence-electron chi connectivity index (χ3n) is 0.178. The fourth-order valence-corrected chi connectivity index (χ4v) is 0.0680. The molecule has 0 unspecified atom stereocenters. The standard InChI is InChI=1S/C2H2O6.2Na.H2O/c3-1(4)7-8-2(5)6;;;/h(H,3,4)(H,5,6);;;1H2/q;2*+1;/p-2. The van der Waals surface area contributed by atoms with Gasteiger partial charge >= 0.3 is 59.1 Å². The molecule has 11 heavy (non-hydrogen) atoms. The van der Waals surface area contributed by atoms with Gasteiger partial charge in [0.15, 0.2) is 0 Å². The molecular formula is C2H2Na2O7. The molecule has 0 heterocycles. The van der Waals surface area contributed by atoms with E-state index in [2.05, 4.69) is 9.78 Å². The van der Waals surface area contributed by atoms with Gasteiger partial charge in [-0.1, -0.05) is 0 Å². The van der Waals surface area contributed by atoms with E-state index in [0.717, 1.165) is 0 Å². The molecule has 0 radical (unpaired) electrons. The number of carboxylic acid groups (broad SMARTS) is 2. The fraction of sp³-hybridized carbons (Fsp3) is 0. The van der Waals surface area contributed by atoms with Crippen molar-refractivity contribution in [3.8, 4) is 0 Å². The summed E-state index contributed by atoms with van der Waals surface area (Å²) in [5.41, 5.74) is 0. The molecule has 0 aromatic rings. The molecule has 0 bridgehead atoms. The van der Waals surface area contributed by atoms with Gasteiger partial charge in [-0.05, 0) is 0 Å². The van der Waals surface area contributed by atoms with Crippen molar-refractivity contribution in [2.45, 2.75) is 0 Å². The predicted octanol–water partition coefficient (Wildman–Crippen LogP) is -9.20. The Hall–Kier alpha value is 0.500. The van der Waals surface area contributed by atoms with Crippen LogP contribution >= 0.6 is 0 Å². The maximum absolute atomic E-state index is 9.15. The van der Waals surface area contributed by atoms with Crippen LogP contribution in [0.3, 0.4) is 0 Å². The summed E-state index contributed by atoms with van der Waals surface area (Å²) in [5, 5.41) is 18.3. The van der Waals surface area contributed by atoms with Gasteiger partial charge in [0, 0.05) is 0 Å². The summed E-state index contributed by atoms with van der Waals surface area (Å²) in [4.78, 5) is 24.2. The Bertz CT molecular complexity index is 99.0. The van der Waals surface area contributed by atoms with Gasteiger partial charge in [0.25, 0.3) is 12.3 Å². The van der Waals surface area contributed by atoms with Crippen molar-refractivity contribution in [2.24, 2.45) is 0 Å². The molecule has 0 aliphatic carbocycles. The van der Waals surface area contributed by atoms with E-state index in [1.54, 1.807) is 0 Å². The molecule has 2 N–H and O–H groups in total. The number of hydrogen-bond acceptors (Lipinski definition) is 6. The zero-order valence-corrected chi connectivity index (χ0v) is 9.95. The topological polar surface area (TPSA) is 130 Å². The molecule has 0 spiro atoms. The average molecular weight is 184 g/mol. The maximum atomic E-state index is 9.15. The van der Waals surface area contributed by atoms with Gasteiger partial charge in [-0.3, -0.25) is 0 Å². The molecule has 0 saturated heterocycles. The zero-order chi connectivity index (χ0) is 6.57. The normalized spacial score (nSPS) is 5.45. The molecule has 0 aromatic carbocycles. The Morgan fingerprint density at radius 3 is 1.18 bits per heavy atom. The van der Waals surface area contributed by atoms with Crippen LogP contribution in [0.4, 0.5) is 9.59 Å². The van der Waals surface area contributed by atoms with Gasteiger partial charge in [0.1, 0.15) is 0 Å². The number of rotatable bonds is 0. The van der Waals surface area contributed by atoms with Gasteiger partial charge in [0.05, 0.1) is 0 Å². The second-order valence-electron chi connectivity index (χ2n) is 0.667. The second-order valence-corrected chi connectivity index (χ2v) is 0.667. The van der Waals surface area contributed by atoms with Crippen LogP contribution in [0.1, 0.15) is 0 Å². The van der Waals surface area contributed by atoms with Crippen molar-refractivity contribution in [1.82, 2.24) is 0 Å². The molecular weight excluding hydrogens is 182 g/mol. The summed E-state index contributed by atoms with van der Waals surface area (Å²) in [6.07, 6.45) is -4.18. The quantitative estimate of drug-likeness (QED) is 0.208. The van der Waals surface area contributed by atoms with Crippen molar-refractivity contribution >= 4 is 12.3 Å². The first-order chi connectivity index (χ1) is 3.63. The summed E-state index contributed by atoms with van der Waals surface area (Å²) in [6, 6.07) is 0. The molecule has 0 aromatic heterocycles. The van der Waals surface area contributed by atoms with Crippen LogP contribution in [0.15, 0.2) is 0 Å². The minimum atomic E-state index is -2.09. The van der Waals surface area contributed by atoms with Gasteiger partial charge in [-0.2, -0.15) is 0 Å². The van der Waals surface area contributed by atoms with Crippen molar-refractivity contribution in [2.75, 3.05) is 0 Å². The van der Waals surface area contributed by atoms with Crippen LogP contribution in [0.5, 0.6) is 0 Å². The van der Waals surface area contributed by atoms with Crippen LogP contribution in [-0.2, 0) is 9.78 Å². The van der Waals surface area contributed by atoms with Crippen LogP contribution in [0.25, 0.3) is 0 Å². The van der Waals surface area contributed by atoms with E-state index in [-0.39, 0.29) is 64.6 Å². The number of hydrogen-bond donors (Lipinski definition) is 0. The van der Waals surface area contributed by atoms with Crippen LogP contribution in [-0.4, -0.2) is 17.8 Å². The smallest absolute Gasteiger partial charge is 0.424 e. The Labute approximate surface area is 105 Å². The number of carbonyl (C=O) groups excluding carboxylic acids is 2. The summed E-state index contributed by atoms with van der Waals surface area (Å²) in [6.45, 7) is 0. The van der Waals surface area contributed by atoms with Crippen LogP contribution < -0.4 is 69.3 Å². The Morgan fingerprint density at radius 2 is 1.09 bits per heavy atom. The monoisotopic (exact) mass is 184 g/mol. The third-order valence-corrected chi connectivity index (χ3v) is 0.178. The minimum Gasteiger partial charge on any atom is -0.424 e. The summed E-state index contributed by atoms with van der Waals surface area (Å²) >= 11 is 0. The SMILES string of the molecule is O.O=C([O-])OOC(=O)[O-].[Na+].[Na+]. The Kier molecular flexibility index (Phi) is 26.9. The number of carbonyl (C=O) groups is 2. The molecule has 0 aliphatic rings. The van der Waals surface area contributed by atoms with Gasteiger partial charge in [-0.25, -0.2) is 0 Å². The largest absolute Gasteiger partial charge is 1.00 e. The van der Waals surface area contributed by atoms with E-state index >= 15 is 0 Å². The zero-order valence-electron chi connectivity index (χ0n) is 5.95. The third kappa shape index (κ3) is 25.1. The molecule has 0 atom stereocenters. The van der Waals surface area contributed by atoms with E-state index in [4.69, 9.17) is 19.8 Å². The average Bonchev–Trinajstić information content (AvgIpc) is 1.61. The van der Waals surface area contributed by atoms with Gasteiger partial charge < -0.3 is 35.1 Å². The van der Waals surface area contributed by atoms with Gasteiger partial charge in [-0.15, -0.1) is 0 Å². The second kappa shape index (κ2) is 13.1. The molecule has 0 amide bonds. The van der Waals surface area contributed by atoms with E-state index in [0.29, 0.717) is 0 Å². The van der Waals surface area contributed by atoms with E-state index in [1.165, 1.54) is 0 Å². The Balaban J connectivity index is -0.0000000817. The molecule has 9 heteroatoms. The molecule has 0 saturated carbocycles. The summed E-state index contributed by atoms with van der Waals surface area (Å²) < 4.78 is 0. The molecule has 54 valence electrons. The van der Waals surface area contributed by atoms with E-state index in [1.807, 2.05) is 0 Å². The van der Waals surface area contributed by atoms with Crippen molar-refractivity contribution < 1.29 is 94.2 Å². The summed E-state index contributed by atoms with van der Waals surface area (Å²) in [7, 11) is 0. The van der Waals surface area contributed by atoms with Crippen LogP contribution in [0, 0.1) is 0 Å². The fourth-order valence-electron chi connectivity index (χ4n) is 0.0680. The maximum Gasteiger partial charge on any atom is 1.00 e. The molecule has 7 nitrogen and oxygen atoms in total. The molecule has 0 fully saturated rings. The first-order valence-electron chi connectivity index (χ1n) is 1.39. The Morgan fingerprint density at radius 1 is 0.909 bits per heavy atom. The van der Waals surface area contributed by atoms with Crippen molar-refractivity contribution in [3.05, 3.63) is 0 Å². The van der Waals surface area contributed by atoms with Gasteiger partial charge in [0.2, 0.25) is 0 Å². The minimum absolute atomic E-state index is 0. The first kappa shape index (κ1) is 22.5. The van der Waals surface area contributed by atoms with E-state index < -0.39 is 12.3 Å². The predicted molar refractivity (Wildman–Crippen MR) is 16.6 cm³/mol.